The number of rotatable bonds is 6. The van der Waals surface area contributed by atoms with E-state index in [1.54, 1.807) is 0 Å². The lowest BCUT2D eigenvalue weighted by molar-refractivity contribution is 0.0921. The van der Waals surface area contributed by atoms with Gasteiger partial charge in [0.05, 0.1) is 0 Å². The Balaban J connectivity index is 1.06. The number of nitrogens with one attached hydrogen (secondary N) is 2. The molecule has 3 aliphatic rings. The highest BCUT2D eigenvalue weighted by Gasteiger charge is 2.78. The Morgan fingerprint density at radius 3 is 2.26 bits per heavy atom. The van der Waals surface area contributed by atoms with Gasteiger partial charge in [0.25, 0.3) is 5.91 Å². The zero-order valence-corrected chi connectivity index (χ0v) is 15.7. The number of carbonyl (C=O) groups excluding carboxylic acids is 1. The first-order valence-corrected chi connectivity index (χ1v) is 10.4. The molecule has 1 unspecified atom stereocenters. The van der Waals surface area contributed by atoms with Crippen molar-refractivity contribution in [2.24, 2.45) is 11.8 Å². The highest BCUT2D eigenvalue weighted by atomic mass is 16.1. The Kier molecular flexibility index (Phi) is 4.28. The summed E-state index contributed by atoms with van der Waals surface area (Å²) in [5, 5.41) is 7.14. The van der Waals surface area contributed by atoms with E-state index >= 15 is 0 Å². The first-order valence-electron chi connectivity index (χ1n) is 10.4. The second-order valence-corrected chi connectivity index (χ2v) is 8.68. The summed E-state index contributed by atoms with van der Waals surface area (Å²) in [5.41, 5.74) is 2.70. The molecule has 2 N–H and O–H groups in total. The van der Waals surface area contributed by atoms with Crippen LogP contribution in [0.2, 0.25) is 0 Å². The molecule has 3 heteroatoms. The third kappa shape index (κ3) is 3.29. The summed E-state index contributed by atoms with van der Waals surface area (Å²) in [4.78, 5) is 12.3. The summed E-state index contributed by atoms with van der Waals surface area (Å²) in [6.07, 6.45) is 5.98. The molecule has 3 saturated carbocycles. The maximum atomic E-state index is 12.3. The van der Waals surface area contributed by atoms with Gasteiger partial charge in [0.1, 0.15) is 0 Å². The molecule has 0 saturated heterocycles. The molecule has 0 aliphatic heterocycles. The van der Waals surface area contributed by atoms with E-state index in [4.69, 9.17) is 0 Å². The summed E-state index contributed by atoms with van der Waals surface area (Å²) in [7, 11) is 0. The minimum Gasteiger partial charge on any atom is -0.349 e. The van der Waals surface area contributed by atoms with Crippen LogP contribution in [-0.2, 0) is 0 Å². The molecule has 0 bridgehead atoms. The van der Waals surface area contributed by atoms with E-state index in [1.165, 1.54) is 24.8 Å². The lowest BCUT2D eigenvalue weighted by Crippen LogP contribution is -2.40. The van der Waals surface area contributed by atoms with Crippen LogP contribution in [0.3, 0.4) is 0 Å². The maximum absolute atomic E-state index is 12.3. The van der Waals surface area contributed by atoms with Gasteiger partial charge >= 0.3 is 0 Å². The molecule has 0 heterocycles. The lowest BCUT2D eigenvalue weighted by atomic mass is 9.85. The van der Waals surface area contributed by atoms with Crippen LogP contribution in [-0.4, -0.2) is 24.0 Å². The van der Waals surface area contributed by atoms with Crippen molar-refractivity contribution < 1.29 is 4.79 Å². The van der Waals surface area contributed by atoms with Crippen molar-refractivity contribution in [1.82, 2.24) is 10.6 Å². The molecule has 2 aromatic carbocycles. The fourth-order valence-electron chi connectivity index (χ4n) is 5.11. The Morgan fingerprint density at radius 2 is 1.59 bits per heavy atom. The van der Waals surface area contributed by atoms with Crippen LogP contribution in [0, 0.1) is 11.8 Å². The number of hydrogen-bond acceptors (Lipinski definition) is 2. The summed E-state index contributed by atoms with van der Waals surface area (Å²) in [6, 6.07) is 20.9. The van der Waals surface area contributed by atoms with E-state index in [9.17, 15) is 4.79 Å². The van der Waals surface area contributed by atoms with Crippen molar-refractivity contribution >= 4 is 5.91 Å². The van der Waals surface area contributed by atoms with Crippen molar-refractivity contribution in [1.29, 1.82) is 0 Å². The average Bonchev–Trinajstić information content (AvgIpc) is 3.59. The Hall–Kier alpha value is -2.13. The van der Waals surface area contributed by atoms with E-state index in [0.29, 0.717) is 11.6 Å². The third-order valence-electron chi connectivity index (χ3n) is 7.00. The Bertz CT molecular complexity index is 798. The zero-order chi connectivity index (χ0) is 18.3. The van der Waals surface area contributed by atoms with Gasteiger partial charge in [-0.05, 0) is 68.2 Å². The van der Waals surface area contributed by atoms with Crippen LogP contribution < -0.4 is 10.6 Å². The Morgan fingerprint density at radius 1 is 0.926 bits per heavy atom. The SMILES string of the molecule is O=C(N[C@H]1CC[C@H](CN[C@]23CC2[C@H]3c2ccccc2)CC1)c1ccccc1. The van der Waals surface area contributed by atoms with Crippen molar-refractivity contribution in [2.45, 2.75) is 49.6 Å². The van der Waals surface area contributed by atoms with Crippen molar-refractivity contribution in [3.63, 3.8) is 0 Å². The third-order valence-corrected chi connectivity index (χ3v) is 7.00. The summed E-state index contributed by atoms with van der Waals surface area (Å²) >= 11 is 0. The molecular formula is C24H28N2O. The van der Waals surface area contributed by atoms with Gasteiger partial charge in [-0.2, -0.15) is 0 Å². The van der Waals surface area contributed by atoms with Crippen LogP contribution in [0.25, 0.3) is 0 Å². The van der Waals surface area contributed by atoms with E-state index < -0.39 is 0 Å². The average molecular weight is 361 g/mol. The van der Waals surface area contributed by atoms with E-state index in [-0.39, 0.29) is 5.91 Å². The summed E-state index contributed by atoms with van der Waals surface area (Å²) in [5.74, 6) is 2.45. The summed E-state index contributed by atoms with van der Waals surface area (Å²) in [6.45, 7) is 1.14. The predicted molar refractivity (Wildman–Crippen MR) is 108 cm³/mol. The van der Waals surface area contributed by atoms with Gasteiger partial charge in [0.15, 0.2) is 0 Å². The first kappa shape index (κ1) is 17.0. The molecular weight excluding hydrogens is 332 g/mol. The van der Waals surface area contributed by atoms with Gasteiger partial charge in [-0.25, -0.2) is 0 Å². The van der Waals surface area contributed by atoms with Gasteiger partial charge in [-0.15, -0.1) is 0 Å². The van der Waals surface area contributed by atoms with Gasteiger partial charge in [-0.1, -0.05) is 48.5 Å². The second kappa shape index (κ2) is 6.79. The fraction of sp³-hybridized carbons (Fsp3) is 0.458. The first-order chi connectivity index (χ1) is 13.3. The second-order valence-electron chi connectivity index (χ2n) is 8.68. The van der Waals surface area contributed by atoms with Gasteiger partial charge < -0.3 is 10.6 Å². The van der Waals surface area contributed by atoms with Gasteiger partial charge in [0.2, 0.25) is 0 Å². The highest BCUT2D eigenvalue weighted by molar-refractivity contribution is 5.94. The highest BCUT2D eigenvalue weighted by Crippen LogP contribution is 2.76. The van der Waals surface area contributed by atoms with Crippen molar-refractivity contribution in [3.05, 3.63) is 71.8 Å². The van der Waals surface area contributed by atoms with Gasteiger partial charge in [0, 0.05) is 23.1 Å². The molecule has 5 rings (SSSR count). The van der Waals surface area contributed by atoms with E-state index in [0.717, 1.165) is 42.7 Å². The number of fused-ring (bicyclic) bond motifs is 1. The van der Waals surface area contributed by atoms with Crippen LogP contribution in [0.5, 0.6) is 0 Å². The van der Waals surface area contributed by atoms with Crippen LogP contribution in [0.15, 0.2) is 60.7 Å². The monoisotopic (exact) mass is 360 g/mol. The smallest absolute Gasteiger partial charge is 0.251 e. The van der Waals surface area contributed by atoms with Crippen LogP contribution in [0.1, 0.15) is 53.9 Å². The molecule has 2 aromatic rings. The van der Waals surface area contributed by atoms with Crippen molar-refractivity contribution in [3.8, 4) is 0 Å². The molecule has 0 spiro atoms. The predicted octanol–water partition coefficient (Wildman–Crippen LogP) is 4.12. The molecule has 0 radical (unpaired) electrons. The molecule has 3 nitrogen and oxygen atoms in total. The minimum absolute atomic E-state index is 0.0700. The topological polar surface area (TPSA) is 41.1 Å². The zero-order valence-electron chi connectivity index (χ0n) is 15.7. The largest absolute Gasteiger partial charge is 0.349 e. The minimum atomic E-state index is 0.0700. The molecule has 3 aliphatic carbocycles. The van der Waals surface area contributed by atoms with Crippen molar-refractivity contribution in [2.75, 3.05) is 6.54 Å². The summed E-state index contributed by atoms with van der Waals surface area (Å²) < 4.78 is 0. The molecule has 27 heavy (non-hydrogen) atoms. The Labute approximate surface area is 161 Å². The number of hydrogen-bond donors (Lipinski definition) is 2. The number of benzene rings is 2. The quantitative estimate of drug-likeness (QED) is 0.813. The lowest BCUT2D eigenvalue weighted by Gasteiger charge is -2.30. The number of amides is 1. The van der Waals surface area contributed by atoms with Crippen LogP contribution >= 0.6 is 0 Å². The van der Waals surface area contributed by atoms with E-state index in [1.807, 2.05) is 30.3 Å². The van der Waals surface area contributed by atoms with Crippen LogP contribution in [0.4, 0.5) is 0 Å². The molecule has 1 amide bonds. The maximum Gasteiger partial charge on any atom is 0.251 e. The fourth-order valence-corrected chi connectivity index (χ4v) is 5.11. The molecule has 140 valence electrons. The van der Waals surface area contributed by atoms with Gasteiger partial charge in [-0.3, -0.25) is 4.79 Å². The molecule has 0 aromatic heterocycles. The number of carbonyl (C=O) groups is 1. The molecule has 3 fully saturated rings. The standard InChI is InChI=1S/C24H28N2O/c27-23(19-9-5-2-6-10-19)26-20-13-11-17(12-14-20)16-25-24-15-21(24)22(24)18-7-3-1-4-8-18/h1-10,17,20-22,25H,11-16H2,(H,26,27)/t17-,20-,21?,22-,24-/m1/s1. The normalized spacial score (nSPS) is 33.8. The van der Waals surface area contributed by atoms with E-state index in [2.05, 4.69) is 41.0 Å². The molecule has 3 atom stereocenters.